The number of aromatic nitrogens is 1. The van der Waals surface area contributed by atoms with Gasteiger partial charge in [-0.05, 0) is 36.4 Å². The highest BCUT2D eigenvalue weighted by Gasteiger charge is 2.33. The van der Waals surface area contributed by atoms with Crippen LogP contribution in [-0.2, 0) is 0 Å². The van der Waals surface area contributed by atoms with Crippen molar-refractivity contribution in [1.29, 1.82) is 0 Å². The molecule has 0 radical (unpaired) electrons. The van der Waals surface area contributed by atoms with Crippen LogP contribution in [0.5, 0.6) is 0 Å². The van der Waals surface area contributed by atoms with Crippen LogP contribution < -0.4 is 0 Å². The summed E-state index contributed by atoms with van der Waals surface area (Å²) in [6.45, 7) is 2.01. The fraction of sp³-hybridized carbons (Fsp3) is 0.556. The Hall–Kier alpha value is -0.700. The second kappa shape index (κ2) is 2.98. The van der Waals surface area contributed by atoms with Crippen molar-refractivity contribution >= 4 is 17.3 Å². The maximum Gasteiger partial charge on any atom is 0.185 e. The Bertz CT molecular complexity index is 277. The summed E-state index contributed by atoms with van der Waals surface area (Å²) >= 11 is 1.35. The second-order valence-electron chi connectivity index (χ2n) is 3.38. The van der Waals surface area contributed by atoms with Crippen LogP contribution in [-0.4, -0.2) is 10.2 Å². The van der Waals surface area contributed by atoms with E-state index in [4.69, 9.17) is 0 Å². The van der Waals surface area contributed by atoms with Gasteiger partial charge in [-0.15, -0.1) is 0 Å². The van der Waals surface area contributed by atoms with E-state index in [1.165, 1.54) is 24.4 Å². The zero-order chi connectivity index (χ0) is 8.55. The van der Waals surface area contributed by atoms with Crippen molar-refractivity contribution in [3.8, 4) is 0 Å². The molecule has 1 aromatic rings. The van der Waals surface area contributed by atoms with Crippen molar-refractivity contribution in [3.05, 3.63) is 17.1 Å². The predicted molar refractivity (Wildman–Crippen MR) is 48.3 cm³/mol. The highest BCUT2D eigenvalue weighted by molar-refractivity contribution is 7.03. The number of rotatable bonds is 3. The van der Waals surface area contributed by atoms with E-state index < -0.39 is 0 Å². The summed E-state index contributed by atoms with van der Waals surface area (Å²) in [4.78, 5) is 11.6. The van der Waals surface area contributed by atoms with Crippen molar-refractivity contribution in [2.24, 2.45) is 11.8 Å². The Labute approximate surface area is 75.8 Å². The zero-order valence-electron chi connectivity index (χ0n) is 6.99. The quantitative estimate of drug-likeness (QED) is 0.670. The first-order valence-electron chi connectivity index (χ1n) is 4.23. The molecule has 1 aromatic heterocycles. The number of Topliss-reactive ketones (excluding diaryl/α,β-unsaturated/α-hetero) is 1. The molecule has 1 fully saturated rings. The Balaban J connectivity index is 2.09. The molecule has 2 rings (SSSR count). The van der Waals surface area contributed by atoms with E-state index in [0.29, 0.717) is 11.6 Å². The number of carbonyl (C=O) groups is 1. The van der Waals surface area contributed by atoms with Crippen molar-refractivity contribution in [2.75, 3.05) is 0 Å². The minimum atomic E-state index is 0.187. The predicted octanol–water partition coefficient (Wildman–Crippen LogP) is 2.37. The second-order valence-corrected chi connectivity index (χ2v) is 4.04. The van der Waals surface area contributed by atoms with Gasteiger partial charge in [-0.2, -0.15) is 4.37 Å². The van der Waals surface area contributed by atoms with E-state index >= 15 is 0 Å². The summed E-state index contributed by atoms with van der Waals surface area (Å²) in [7, 11) is 0. The third kappa shape index (κ3) is 1.41. The van der Waals surface area contributed by atoms with Gasteiger partial charge in [-0.3, -0.25) is 4.79 Å². The topological polar surface area (TPSA) is 30.0 Å². The van der Waals surface area contributed by atoms with Gasteiger partial charge >= 0.3 is 0 Å². The molecule has 64 valence electrons. The molecule has 12 heavy (non-hydrogen) atoms. The van der Waals surface area contributed by atoms with Crippen LogP contribution in [0.2, 0.25) is 0 Å². The van der Waals surface area contributed by atoms with Gasteiger partial charge in [-0.1, -0.05) is 6.92 Å². The zero-order valence-corrected chi connectivity index (χ0v) is 7.80. The van der Waals surface area contributed by atoms with Crippen molar-refractivity contribution in [1.82, 2.24) is 4.37 Å². The Morgan fingerprint density at radius 2 is 2.50 bits per heavy atom. The first-order valence-corrected chi connectivity index (χ1v) is 5.07. The van der Waals surface area contributed by atoms with E-state index in [1.54, 1.807) is 0 Å². The number of hydrogen-bond acceptors (Lipinski definition) is 3. The molecular formula is C9H11NOS. The number of carbonyl (C=O) groups excluding carboxylic acids is 1. The SMILES string of the molecule is CC(C(=O)c1ccsn1)C1CC1. The summed E-state index contributed by atoms with van der Waals surface area (Å²) in [5.74, 6) is 1.05. The van der Waals surface area contributed by atoms with Gasteiger partial charge in [0, 0.05) is 11.3 Å². The highest BCUT2D eigenvalue weighted by Crippen LogP contribution is 2.37. The van der Waals surface area contributed by atoms with E-state index in [-0.39, 0.29) is 11.7 Å². The minimum Gasteiger partial charge on any atom is -0.292 e. The fourth-order valence-electron chi connectivity index (χ4n) is 1.38. The molecule has 0 amide bonds. The van der Waals surface area contributed by atoms with Crippen LogP contribution in [0.1, 0.15) is 30.3 Å². The van der Waals surface area contributed by atoms with Gasteiger partial charge in [0.05, 0.1) is 0 Å². The van der Waals surface area contributed by atoms with Crippen LogP contribution in [0.4, 0.5) is 0 Å². The molecule has 1 aliphatic rings. The molecule has 3 heteroatoms. The maximum absolute atomic E-state index is 11.6. The molecular weight excluding hydrogens is 170 g/mol. The van der Waals surface area contributed by atoms with Crippen LogP contribution in [0.15, 0.2) is 11.4 Å². The summed E-state index contributed by atoms with van der Waals surface area (Å²) in [5, 5.41) is 1.85. The van der Waals surface area contributed by atoms with Crippen molar-refractivity contribution in [2.45, 2.75) is 19.8 Å². The van der Waals surface area contributed by atoms with Crippen LogP contribution in [0.25, 0.3) is 0 Å². The molecule has 0 aliphatic heterocycles. The largest absolute Gasteiger partial charge is 0.292 e. The molecule has 1 aliphatic carbocycles. The third-order valence-corrected chi connectivity index (χ3v) is 2.99. The van der Waals surface area contributed by atoms with Gasteiger partial charge in [-0.25, -0.2) is 0 Å². The Morgan fingerprint density at radius 1 is 1.75 bits per heavy atom. The summed E-state index contributed by atoms with van der Waals surface area (Å²) in [6.07, 6.45) is 2.44. The van der Waals surface area contributed by atoms with Gasteiger partial charge in [0.25, 0.3) is 0 Å². The molecule has 1 saturated carbocycles. The summed E-state index contributed by atoms with van der Waals surface area (Å²) in [6, 6.07) is 1.81. The van der Waals surface area contributed by atoms with Crippen molar-refractivity contribution in [3.63, 3.8) is 0 Å². The smallest absolute Gasteiger partial charge is 0.185 e. The molecule has 1 atom stereocenters. The van der Waals surface area contributed by atoms with E-state index in [9.17, 15) is 4.79 Å². The summed E-state index contributed by atoms with van der Waals surface area (Å²) < 4.78 is 4.04. The van der Waals surface area contributed by atoms with Crippen molar-refractivity contribution < 1.29 is 4.79 Å². The monoisotopic (exact) mass is 181 g/mol. The van der Waals surface area contributed by atoms with Crippen LogP contribution in [0.3, 0.4) is 0 Å². The molecule has 0 bridgehead atoms. The fourth-order valence-corrected chi connectivity index (χ4v) is 1.90. The van der Waals surface area contributed by atoms with E-state index in [1.807, 2.05) is 18.4 Å². The van der Waals surface area contributed by atoms with Gasteiger partial charge in [0.15, 0.2) is 5.78 Å². The lowest BCUT2D eigenvalue weighted by atomic mass is 9.99. The van der Waals surface area contributed by atoms with E-state index in [2.05, 4.69) is 4.37 Å². The Kier molecular flexibility index (Phi) is 1.97. The molecule has 0 aromatic carbocycles. The normalized spacial score (nSPS) is 19.1. The molecule has 1 unspecified atom stereocenters. The van der Waals surface area contributed by atoms with Gasteiger partial charge < -0.3 is 0 Å². The summed E-state index contributed by atoms with van der Waals surface area (Å²) in [5.41, 5.74) is 0.652. The number of hydrogen-bond donors (Lipinski definition) is 0. The molecule has 1 heterocycles. The first kappa shape index (κ1) is 7.92. The van der Waals surface area contributed by atoms with Gasteiger partial charge in [0.2, 0.25) is 0 Å². The highest BCUT2D eigenvalue weighted by atomic mass is 32.1. The third-order valence-electron chi connectivity index (χ3n) is 2.43. The molecule has 2 nitrogen and oxygen atoms in total. The van der Waals surface area contributed by atoms with Crippen LogP contribution >= 0.6 is 11.5 Å². The molecule has 0 saturated heterocycles. The molecule has 0 N–H and O–H groups in total. The average molecular weight is 181 g/mol. The van der Waals surface area contributed by atoms with Crippen LogP contribution in [0, 0.1) is 11.8 Å². The lowest BCUT2D eigenvalue weighted by Crippen LogP contribution is -2.13. The van der Waals surface area contributed by atoms with Gasteiger partial charge in [0.1, 0.15) is 5.69 Å². The average Bonchev–Trinajstić information content (AvgIpc) is 2.79. The minimum absolute atomic E-state index is 0.187. The lowest BCUT2D eigenvalue weighted by Gasteiger charge is -2.04. The standard InChI is InChI=1S/C9H11NOS/c1-6(7-2-3-7)9(11)8-4-5-12-10-8/h4-7H,2-3H2,1H3. The maximum atomic E-state index is 11.6. The Morgan fingerprint density at radius 3 is 3.00 bits per heavy atom. The lowest BCUT2D eigenvalue weighted by molar-refractivity contribution is 0.0912. The first-order chi connectivity index (χ1) is 5.79. The number of ketones is 1. The number of nitrogens with zero attached hydrogens (tertiary/aromatic N) is 1. The molecule has 0 spiro atoms. The van der Waals surface area contributed by atoms with E-state index in [0.717, 1.165) is 0 Å².